The van der Waals surface area contributed by atoms with Crippen molar-refractivity contribution in [2.24, 2.45) is 0 Å². The minimum atomic E-state index is -0.420. The Hall–Kier alpha value is -2.04. The topological polar surface area (TPSA) is 68.0 Å². The molecule has 5 heteroatoms. The number of rotatable bonds is 2. The van der Waals surface area contributed by atoms with Gasteiger partial charge in [0.05, 0.1) is 12.0 Å². The highest BCUT2D eigenvalue weighted by atomic mass is 16.3. The summed E-state index contributed by atoms with van der Waals surface area (Å²) in [5.74, 6) is 0.479. The Bertz CT molecular complexity index is 532. The standard InChI is InChI=1S/C10H10N2O3/c1-2-12-9(13)6-7(11-10(12)14)8-4-3-5-15-8/h3-6H,2H2,1H3,(H,11,14). The molecule has 2 heterocycles. The van der Waals surface area contributed by atoms with E-state index in [0.717, 1.165) is 4.57 Å². The van der Waals surface area contributed by atoms with Crippen molar-refractivity contribution in [2.75, 3.05) is 0 Å². The molecular weight excluding hydrogens is 196 g/mol. The number of hydrogen-bond donors (Lipinski definition) is 1. The SMILES string of the molecule is CCn1c(=O)cc(-c2ccco2)[nH]c1=O. The van der Waals surface area contributed by atoms with Gasteiger partial charge in [-0.2, -0.15) is 0 Å². The third-order valence-corrected chi connectivity index (χ3v) is 2.12. The van der Waals surface area contributed by atoms with Gasteiger partial charge >= 0.3 is 5.69 Å². The molecule has 0 spiro atoms. The minimum Gasteiger partial charge on any atom is -0.463 e. The number of hydrogen-bond acceptors (Lipinski definition) is 3. The number of aromatic amines is 1. The molecule has 0 atom stereocenters. The van der Waals surface area contributed by atoms with Crippen LogP contribution in [0.4, 0.5) is 0 Å². The molecule has 2 aromatic rings. The van der Waals surface area contributed by atoms with Crippen molar-refractivity contribution in [3.8, 4) is 11.5 Å². The summed E-state index contributed by atoms with van der Waals surface area (Å²) in [7, 11) is 0. The average Bonchev–Trinajstić information content (AvgIpc) is 2.69. The highest BCUT2D eigenvalue weighted by molar-refractivity contribution is 5.50. The highest BCUT2D eigenvalue weighted by Gasteiger charge is 2.06. The van der Waals surface area contributed by atoms with E-state index < -0.39 is 5.69 Å². The van der Waals surface area contributed by atoms with Crippen LogP contribution in [0.25, 0.3) is 11.5 Å². The molecule has 0 fully saturated rings. The molecule has 5 nitrogen and oxygen atoms in total. The summed E-state index contributed by atoms with van der Waals surface area (Å²) in [6, 6.07) is 4.73. The molecule has 1 N–H and O–H groups in total. The highest BCUT2D eigenvalue weighted by Crippen LogP contribution is 2.13. The third kappa shape index (κ3) is 1.63. The van der Waals surface area contributed by atoms with E-state index >= 15 is 0 Å². The largest absolute Gasteiger partial charge is 0.463 e. The fraction of sp³-hybridized carbons (Fsp3) is 0.200. The smallest absolute Gasteiger partial charge is 0.328 e. The van der Waals surface area contributed by atoms with Crippen LogP contribution in [0.3, 0.4) is 0 Å². The van der Waals surface area contributed by atoms with Gasteiger partial charge in [0.1, 0.15) is 5.76 Å². The number of furan rings is 1. The van der Waals surface area contributed by atoms with E-state index in [2.05, 4.69) is 4.98 Å². The van der Waals surface area contributed by atoms with Crippen molar-refractivity contribution in [1.29, 1.82) is 0 Å². The summed E-state index contributed by atoms with van der Waals surface area (Å²) in [6.07, 6.45) is 1.49. The van der Waals surface area contributed by atoms with Gasteiger partial charge in [0.25, 0.3) is 5.56 Å². The second-order valence-electron chi connectivity index (χ2n) is 3.05. The van der Waals surface area contributed by atoms with Crippen molar-refractivity contribution in [3.05, 3.63) is 45.3 Å². The minimum absolute atomic E-state index is 0.326. The monoisotopic (exact) mass is 206 g/mol. The zero-order valence-electron chi connectivity index (χ0n) is 8.19. The maximum absolute atomic E-state index is 11.5. The Kier molecular flexibility index (Phi) is 2.29. The van der Waals surface area contributed by atoms with Gasteiger partial charge < -0.3 is 9.40 Å². The van der Waals surface area contributed by atoms with Gasteiger partial charge in [-0.1, -0.05) is 0 Å². The fourth-order valence-corrected chi connectivity index (χ4v) is 1.38. The van der Waals surface area contributed by atoms with Crippen molar-refractivity contribution in [2.45, 2.75) is 13.5 Å². The first-order chi connectivity index (χ1) is 7.22. The maximum Gasteiger partial charge on any atom is 0.328 e. The van der Waals surface area contributed by atoms with E-state index in [0.29, 0.717) is 18.0 Å². The van der Waals surface area contributed by atoms with E-state index in [1.807, 2.05) is 0 Å². The summed E-state index contributed by atoms with van der Waals surface area (Å²) in [5, 5.41) is 0. The lowest BCUT2D eigenvalue weighted by Crippen LogP contribution is -2.34. The second-order valence-corrected chi connectivity index (χ2v) is 3.05. The van der Waals surface area contributed by atoms with Gasteiger partial charge in [0.15, 0.2) is 0 Å². The molecule has 78 valence electrons. The first-order valence-corrected chi connectivity index (χ1v) is 4.60. The molecule has 0 aliphatic carbocycles. The van der Waals surface area contributed by atoms with Crippen molar-refractivity contribution in [3.63, 3.8) is 0 Å². The summed E-state index contributed by atoms with van der Waals surface area (Å²) < 4.78 is 6.20. The molecule has 0 aliphatic heterocycles. The quantitative estimate of drug-likeness (QED) is 0.790. The molecule has 2 aromatic heterocycles. The zero-order valence-corrected chi connectivity index (χ0v) is 8.19. The van der Waals surface area contributed by atoms with Gasteiger partial charge in [0.2, 0.25) is 0 Å². The van der Waals surface area contributed by atoms with Gasteiger partial charge in [-0.05, 0) is 19.1 Å². The number of nitrogens with zero attached hydrogens (tertiary/aromatic N) is 1. The molecule has 0 aliphatic rings. The normalized spacial score (nSPS) is 10.5. The Morgan fingerprint density at radius 2 is 2.27 bits per heavy atom. The van der Waals surface area contributed by atoms with Crippen LogP contribution in [0.2, 0.25) is 0 Å². The van der Waals surface area contributed by atoms with Gasteiger partial charge in [-0.3, -0.25) is 9.36 Å². The Morgan fingerprint density at radius 3 is 2.80 bits per heavy atom. The lowest BCUT2D eigenvalue weighted by molar-refractivity contribution is 0.576. The first-order valence-electron chi connectivity index (χ1n) is 4.60. The maximum atomic E-state index is 11.5. The summed E-state index contributed by atoms with van der Waals surface area (Å²) in [5.41, 5.74) is -0.344. The number of nitrogens with one attached hydrogen (secondary N) is 1. The van der Waals surface area contributed by atoms with E-state index in [1.165, 1.54) is 12.3 Å². The third-order valence-electron chi connectivity index (χ3n) is 2.12. The molecule has 0 amide bonds. The lowest BCUT2D eigenvalue weighted by Gasteiger charge is -2.01. The molecule has 0 saturated heterocycles. The van der Waals surface area contributed by atoms with E-state index in [9.17, 15) is 9.59 Å². The Balaban J connectivity index is 2.64. The van der Waals surface area contributed by atoms with E-state index in [1.54, 1.807) is 19.1 Å². The molecule has 2 rings (SSSR count). The van der Waals surface area contributed by atoms with E-state index in [4.69, 9.17) is 4.42 Å². The van der Waals surface area contributed by atoms with Crippen LogP contribution in [0.1, 0.15) is 6.92 Å². The van der Waals surface area contributed by atoms with Crippen molar-refractivity contribution in [1.82, 2.24) is 9.55 Å². The molecule has 15 heavy (non-hydrogen) atoms. The van der Waals surface area contributed by atoms with Crippen LogP contribution in [0.5, 0.6) is 0 Å². The number of aromatic nitrogens is 2. The van der Waals surface area contributed by atoms with Crippen LogP contribution in [-0.4, -0.2) is 9.55 Å². The average molecular weight is 206 g/mol. The fourth-order valence-electron chi connectivity index (χ4n) is 1.38. The summed E-state index contributed by atoms with van der Waals surface area (Å²) in [6.45, 7) is 2.09. The molecule has 0 radical (unpaired) electrons. The molecule has 0 aromatic carbocycles. The lowest BCUT2D eigenvalue weighted by atomic mass is 10.3. The molecule has 0 unspecified atom stereocenters. The second kappa shape index (κ2) is 3.61. The van der Waals surface area contributed by atoms with Gasteiger partial charge in [-0.25, -0.2) is 4.79 Å². The van der Waals surface area contributed by atoms with E-state index in [-0.39, 0.29) is 5.56 Å². The predicted molar refractivity (Wildman–Crippen MR) is 54.7 cm³/mol. The van der Waals surface area contributed by atoms with Crippen molar-refractivity contribution >= 4 is 0 Å². The van der Waals surface area contributed by atoms with Gasteiger partial charge in [0, 0.05) is 12.6 Å². The molecular formula is C10H10N2O3. The van der Waals surface area contributed by atoms with Crippen LogP contribution in [0, 0.1) is 0 Å². The van der Waals surface area contributed by atoms with Crippen LogP contribution < -0.4 is 11.2 Å². The van der Waals surface area contributed by atoms with Crippen LogP contribution in [-0.2, 0) is 6.54 Å². The zero-order chi connectivity index (χ0) is 10.8. The van der Waals surface area contributed by atoms with Crippen molar-refractivity contribution < 1.29 is 4.42 Å². The first kappa shape index (κ1) is 9.51. The molecule has 0 bridgehead atoms. The van der Waals surface area contributed by atoms with Crippen LogP contribution >= 0.6 is 0 Å². The van der Waals surface area contributed by atoms with Gasteiger partial charge in [-0.15, -0.1) is 0 Å². The predicted octanol–water partition coefficient (Wildman–Crippen LogP) is 0.816. The Labute approximate surface area is 85.0 Å². The van der Waals surface area contributed by atoms with Crippen LogP contribution in [0.15, 0.2) is 38.5 Å². The summed E-state index contributed by atoms with van der Waals surface area (Å²) in [4.78, 5) is 25.5. The molecule has 0 saturated carbocycles. The Morgan fingerprint density at radius 1 is 1.47 bits per heavy atom. The summed E-state index contributed by atoms with van der Waals surface area (Å²) >= 11 is 0. The number of H-pyrrole nitrogens is 1.